The van der Waals surface area contributed by atoms with Crippen LogP contribution >= 0.6 is 0 Å². The molecule has 2 aromatic rings. The predicted molar refractivity (Wildman–Crippen MR) is 79.8 cm³/mol. The summed E-state index contributed by atoms with van der Waals surface area (Å²) in [5, 5.41) is 0. The zero-order valence-corrected chi connectivity index (χ0v) is 12.6. The summed E-state index contributed by atoms with van der Waals surface area (Å²) in [5.41, 5.74) is 0.853. The average molecular weight is 302 g/mol. The molecule has 6 nitrogen and oxygen atoms in total. The molecule has 1 aliphatic rings. The van der Waals surface area contributed by atoms with Gasteiger partial charge in [0.05, 0.1) is 19.9 Å². The first kappa shape index (κ1) is 14.4. The largest absolute Gasteiger partial charge is 0.486 e. The van der Waals surface area contributed by atoms with Crippen LogP contribution in [0.3, 0.4) is 0 Å². The molecule has 1 aromatic heterocycles. The molecule has 1 aliphatic heterocycles. The maximum Gasteiger partial charge on any atom is 0.319 e. The topological polar surface area (TPSA) is 62.7 Å². The van der Waals surface area contributed by atoms with E-state index in [1.54, 1.807) is 13.2 Å². The Bertz CT molecular complexity index is 626. The molecule has 2 heterocycles. The second-order valence-corrected chi connectivity index (χ2v) is 4.92. The predicted octanol–water partition coefficient (Wildman–Crippen LogP) is 2.27. The van der Waals surface area contributed by atoms with Crippen molar-refractivity contribution in [3.05, 3.63) is 36.0 Å². The standard InChI is InChI=1S/C16H18N2O4/c1-19-15-9-11(17-16(18-15)20-2)7-8-12-10-21-13-5-3-4-6-14(13)22-12/h3-6,9,12H,7-8,10H2,1-2H3. The minimum Gasteiger partial charge on any atom is -0.486 e. The van der Waals surface area contributed by atoms with Gasteiger partial charge in [-0.25, -0.2) is 4.98 Å². The number of hydrogen-bond donors (Lipinski definition) is 0. The molecular formula is C16H18N2O4. The van der Waals surface area contributed by atoms with Crippen molar-refractivity contribution >= 4 is 0 Å². The molecule has 0 amide bonds. The normalized spacial score (nSPS) is 16.2. The van der Waals surface area contributed by atoms with E-state index >= 15 is 0 Å². The van der Waals surface area contributed by atoms with Gasteiger partial charge in [0, 0.05) is 6.07 Å². The van der Waals surface area contributed by atoms with Gasteiger partial charge in [-0.1, -0.05) is 12.1 Å². The van der Waals surface area contributed by atoms with Crippen molar-refractivity contribution in [3.63, 3.8) is 0 Å². The number of fused-ring (bicyclic) bond motifs is 1. The Labute approximate surface area is 129 Å². The quantitative estimate of drug-likeness (QED) is 0.844. The van der Waals surface area contributed by atoms with E-state index in [-0.39, 0.29) is 6.10 Å². The molecule has 0 saturated heterocycles. The first-order valence-corrected chi connectivity index (χ1v) is 7.13. The van der Waals surface area contributed by atoms with Gasteiger partial charge in [0.15, 0.2) is 11.5 Å². The van der Waals surface area contributed by atoms with Gasteiger partial charge in [0.1, 0.15) is 12.7 Å². The lowest BCUT2D eigenvalue weighted by Crippen LogP contribution is -2.29. The van der Waals surface area contributed by atoms with Crippen LogP contribution in [0.4, 0.5) is 0 Å². The van der Waals surface area contributed by atoms with E-state index in [0.29, 0.717) is 18.5 Å². The first-order valence-electron chi connectivity index (χ1n) is 7.13. The number of aromatic nitrogens is 2. The fourth-order valence-corrected chi connectivity index (χ4v) is 2.29. The maximum absolute atomic E-state index is 5.94. The second kappa shape index (κ2) is 6.51. The van der Waals surface area contributed by atoms with Crippen LogP contribution in [0.2, 0.25) is 0 Å². The number of aryl methyl sites for hydroxylation is 1. The second-order valence-electron chi connectivity index (χ2n) is 4.92. The third-order valence-corrected chi connectivity index (χ3v) is 3.42. The molecular weight excluding hydrogens is 284 g/mol. The SMILES string of the molecule is COc1cc(CCC2COc3ccccc3O2)nc(OC)n1. The van der Waals surface area contributed by atoms with Crippen molar-refractivity contribution in [2.75, 3.05) is 20.8 Å². The molecule has 0 fully saturated rings. The fourth-order valence-electron chi connectivity index (χ4n) is 2.29. The highest BCUT2D eigenvalue weighted by Crippen LogP contribution is 2.31. The molecule has 0 saturated carbocycles. The van der Waals surface area contributed by atoms with Gasteiger partial charge in [-0.2, -0.15) is 4.98 Å². The average Bonchev–Trinajstić information content (AvgIpc) is 2.59. The Morgan fingerprint density at radius 3 is 2.73 bits per heavy atom. The first-order chi connectivity index (χ1) is 10.8. The number of ether oxygens (including phenoxy) is 4. The molecule has 0 bridgehead atoms. The van der Waals surface area contributed by atoms with Gasteiger partial charge in [0.2, 0.25) is 5.88 Å². The lowest BCUT2D eigenvalue weighted by molar-refractivity contribution is 0.0849. The lowest BCUT2D eigenvalue weighted by Gasteiger charge is -2.26. The summed E-state index contributed by atoms with van der Waals surface area (Å²) in [4.78, 5) is 8.40. The smallest absolute Gasteiger partial charge is 0.319 e. The molecule has 1 unspecified atom stereocenters. The molecule has 6 heteroatoms. The number of nitrogens with zero attached hydrogens (tertiary/aromatic N) is 2. The number of para-hydroxylation sites is 2. The highest BCUT2D eigenvalue weighted by atomic mass is 16.6. The van der Waals surface area contributed by atoms with Crippen molar-refractivity contribution in [3.8, 4) is 23.4 Å². The van der Waals surface area contributed by atoms with Gasteiger partial charge in [-0.3, -0.25) is 0 Å². The Kier molecular flexibility index (Phi) is 4.27. The van der Waals surface area contributed by atoms with Crippen LogP contribution in [0.5, 0.6) is 23.4 Å². The van der Waals surface area contributed by atoms with E-state index in [1.807, 2.05) is 24.3 Å². The van der Waals surface area contributed by atoms with Crippen LogP contribution in [-0.2, 0) is 6.42 Å². The van der Waals surface area contributed by atoms with Crippen molar-refractivity contribution in [1.82, 2.24) is 9.97 Å². The van der Waals surface area contributed by atoms with Crippen molar-refractivity contribution < 1.29 is 18.9 Å². The molecule has 0 aliphatic carbocycles. The molecule has 116 valence electrons. The zero-order chi connectivity index (χ0) is 15.4. The van der Waals surface area contributed by atoms with E-state index in [0.717, 1.165) is 30.0 Å². The summed E-state index contributed by atoms with van der Waals surface area (Å²) < 4.78 is 21.9. The van der Waals surface area contributed by atoms with E-state index in [9.17, 15) is 0 Å². The van der Waals surface area contributed by atoms with Crippen LogP contribution in [-0.4, -0.2) is 36.9 Å². The Morgan fingerprint density at radius 1 is 1.14 bits per heavy atom. The van der Waals surface area contributed by atoms with Crippen molar-refractivity contribution in [2.45, 2.75) is 18.9 Å². The highest BCUT2D eigenvalue weighted by Gasteiger charge is 2.20. The van der Waals surface area contributed by atoms with E-state index in [4.69, 9.17) is 18.9 Å². The molecule has 1 aromatic carbocycles. The van der Waals surface area contributed by atoms with Crippen molar-refractivity contribution in [2.24, 2.45) is 0 Å². The maximum atomic E-state index is 5.94. The van der Waals surface area contributed by atoms with Crippen LogP contribution in [0.1, 0.15) is 12.1 Å². The molecule has 0 N–H and O–H groups in total. The van der Waals surface area contributed by atoms with Gasteiger partial charge >= 0.3 is 6.01 Å². The van der Waals surface area contributed by atoms with Gasteiger partial charge in [-0.05, 0) is 25.0 Å². The molecule has 0 spiro atoms. The minimum absolute atomic E-state index is 0.00172. The molecule has 0 radical (unpaired) electrons. The van der Waals surface area contributed by atoms with E-state index in [1.165, 1.54) is 7.11 Å². The minimum atomic E-state index is 0.00172. The van der Waals surface area contributed by atoms with Crippen LogP contribution in [0, 0.1) is 0 Å². The summed E-state index contributed by atoms with van der Waals surface area (Å²) in [7, 11) is 3.11. The van der Waals surface area contributed by atoms with E-state index in [2.05, 4.69) is 9.97 Å². The van der Waals surface area contributed by atoms with E-state index < -0.39 is 0 Å². The van der Waals surface area contributed by atoms with Gasteiger partial charge in [0.25, 0.3) is 0 Å². The van der Waals surface area contributed by atoms with Crippen LogP contribution in [0.25, 0.3) is 0 Å². The third-order valence-electron chi connectivity index (χ3n) is 3.42. The zero-order valence-electron chi connectivity index (χ0n) is 12.6. The molecule has 1 atom stereocenters. The summed E-state index contributed by atoms with van der Waals surface area (Å²) in [6.07, 6.45) is 1.52. The van der Waals surface area contributed by atoms with Crippen LogP contribution < -0.4 is 18.9 Å². The molecule has 3 rings (SSSR count). The number of hydrogen-bond acceptors (Lipinski definition) is 6. The third kappa shape index (κ3) is 3.21. The summed E-state index contributed by atoms with van der Waals surface area (Å²) in [6.45, 7) is 0.538. The van der Waals surface area contributed by atoms with Gasteiger partial charge < -0.3 is 18.9 Å². The Balaban J connectivity index is 1.64. The summed E-state index contributed by atoms with van der Waals surface area (Å²) in [5.74, 6) is 2.08. The van der Waals surface area contributed by atoms with Crippen molar-refractivity contribution in [1.29, 1.82) is 0 Å². The lowest BCUT2D eigenvalue weighted by atomic mass is 10.1. The van der Waals surface area contributed by atoms with Gasteiger partial charge in [-0.15, -0.1) is 0 Å². The monoisotopic (exact) mass is 302 g/mol. The summed E-state index contributed by atoms with van der Waals surface area (Å²) >= 11 is 0. The summed E-state index contributed by atoms with van der Waals surface area (Å²) in [6, 6.07) is 9.80. The molecule has 22 heavy (non-hydrogen) atoms. The Hall–Kier alpha value is -2.50. The highest BCUT2D eigenvalue weighted by molar-refractivity contribution is 5.40. The number of methoxy groups -OCH3 is 2. The Morgan fingerprint density at radius 2 is 1.95 bits per heavy atom. The van der Waals surface area contributed by atoms with Crippen LogP contribution in [0.15, 0.2) is 30.3 Å². The fraction of sp³-hybridized carbons (Fsp3) is 0.375. The number of benzene rings is 1. The number of rotatable bonds is 5.